The van der Waals surface area contributed by atoms with Gasteiger partial charge in [0.05, 0.1) is 25.7 Å². The molecule has 17 heavy (non-hydrogen) atoms. The Hall–Kier alpha value is -0.610. The highest BCUT2D eigenvalue weighted by molar-refractivity contribution is 5.70. The fourth-order valence-electron chi connectivity index (χ4n) is 3.08. The molecule has 0 N–H and O–H groups in total. The minimum absolute atomic E-state index is 0.0824. The molecule has 1 saturated heterocycles. The van der Waals surface area contributed by atoms with E-state index in [1.165, 1.54) is 19.3 Å². The van der Waals surface area contributed by atoms with Gasteiger partial charge < -0.3 is 9.47 Å². The van der Waals surface area contributed by atoms with Crippen molar-refractivity contribution in [3.63, 3.8) is 0 Å². The number of nitrogens with zero attached hydrogens (tertiary/aromatic N) is 1. The van der Waals surface area contributed by atoms with E-state index in [0.717, 1.165) is 13.2 Å². The SMILES string of the molecule is CCOC(=O)CC(C)N1CCOC2CCCC21. The number of esters is 1. The van der Waals surface area contributed by atoms with E-state index in [0.29, 0.717) is 25.2 Å². The van der Waals surface area contributed by atoms with Crippen molar-refractivity contribution < 1.29 is 14.3 Å². The highest BCUT2D eigenvalue weighted by Crippen LogP contribution is 2.31. The Morgan fingerprint density at radius 1 is 1.53 bits per heavy atom. The first-order valence-electron chi connectivity index (χ1n) is 6.75. The van der Waals surface area contributed by atoms with E-state index >= 15 is 0 Å². The average molecular weight is 241 g/mol. The van der Waals surface area contributed by atoms with E-state index in [2.05, 4.69) is 11.8 Å². The fraction of sp³-hybridized carbons (Fsp3) is 0.923. The summed E-state index contributed by atoms with van der Waals surface area (Å²) >= 11 is 0. The van der Waals surface area contributed by atoms with Crippen LogP contribution in [0.3, 0.4) is 0 Å². The topological polar surface area (TPSA) is 38.8 Å². The molecule has 0 radical (unpaired) electrons. The van der Waals surface area contributed by atoms with Crippen LogP contribution >= 0.6 is 0 Å². The fourth-order valence-corrected chi connectivity index (χ4v) is 3.08. The third-order valence-corrected chi connectivity index (χ3v) is 3.86. The molecule has 2 aliphatic rings. The molecule has 0 aromatic carbocycles. The largest absolute Gasteiger partial charge is 0.466 e. The number of rotatable bonds is 4. The lowest BCUT2D eigenvalue weighted by Crippen LogP contribution is -2.52. The molecule has 1 heterocycles. The van der Waals surface area contributed by atoms with Gasteiger partial charge in [-0.05, 0) is 33.1 Å². The average Bonchev–Trinajstić information content (AvgIpc) is 2.76. The van der Waals surface area contributed by atoms with Crippen LogP contribution in [-0.2, 0) is 14.3 Å². The van der Waals surface area contributed by atoms with Gasteiger partial charge in [-0.15, -0.1) is 0 Å². The Balaban J connectivity index is 1.89. The monoisotopic (exact) mass is 241 g/mol. The third-order valence-electron chi connectivity index (χ3n) is 3.86. The van der Waals surface area contributed by atoms with Crippen molar-refractivity contribution in [3.05, 3.63) is 0 Å². The van der Waals surface area contributed by atoms with Crippen LogP contribution in [0.1, 0.15) is 39.5 Å². The maximum Gasteiger partial charge on any atom is 0.307 e. The van der Waals surface area contributed by atoms with E-state index in [1.54, 1.807) is 0 Å². The summed E-state index contributed by atoms with van der Waals surface area (Å²) in [5.41, 5.74) is 0. The first-order chi connectivity index (χ1) is 8.22. The molecule has 98 valence electrons. The molecule has 0 aromatic rings. The van der Waals surface area contributed by atoms with Crippen LogP contribution < -0.4 is 0 Å². The summed E-state index contributed by atoms with van der Waals surface area (Å²) in [6, 6.07) is 0.789. The highest BCUT2D eigenvalue weighted by atomic mass is 16.5. The van der Waals surface area contributed by atoms with Gasteiger partial charge in [0, 0.05) is 18.6 Å². The molecule has 0 amide bonds. The lowest BCUT2D eigenvalue weighted by molar-refractivity contribution is -0.146. The number of hydrogen-bond acceptors (Lipinski definition) is 4. The minimum Gasteiger partial charge on any atom is -0.466 e. The smallest absolute Gasteiger partial charge is 0.307 e. The molecule has 3 unspecified atom stereocenters. The van der Waals surface area contributed by atoms with Crippen LogP contribution in [0, 0.1) is 0 Å². The van der Waals surface area contributed by atoms with Gasteiger partial charge in [-0.2, -0.15) is 0 Å². The molecule has 4 heteroatoms. The Labute approximate surface area is 103 Å². The second kappa shape index (κ2) is 5.83. The van der Waals surface area contributed by atoms with Crippen molar-refractivity contribution in [1.82, 2.24) is 4.90 Å². The number of carbonyl (C=O) groups excluding carboxylic acids is 1. The predicted octanol–water partition coefficient (Wildman–Crippen LogP) is 1.58. The third kappa shape index (κ3) is 2.99. The second-order valence-corrected chi connectivity index (χ2v) is 5.00. The summed E-state index contributed by atoms with van der Waals surface area (Å²) < 4.78 is 10.8. The van der Waals surface area contributed by atoms with Crippen molar-refractivity contribution in [2.45, 2.75) is 57.7 Å². The van der Waals surface area contributed by atoms with E-state index in [-0.39, 0.29) is 12.0 Å². The number of ether oxygens (including phenoxy) is 2. The predicted molar refractivity (Wildman–Crippen MR) is 64.8 cm³/mol. The second-order valence-electron chi connectivity index (χ2n) is 5.00. The maximum atomic E-state index is 11.5. The van der Waals surface area contributed by atoms with Crippen molar-refractivity contribution in [3.8, 4) is 0 Å². The summed E-state index contributed by atoms with van der Waals surface area (Å²) in [7, 11) is 0. The van der Waals surface area contributed by atoms with Crippen LogP contribution in [0.4, 0.5) is 0 Å². The minimum atomic E-state index is -0.0824. The van der Waals surface area contributed by atoms with Crippen LogP contribution in [-0.4, -0.2) is 48.8 Å². The van der Waals surface area contributed by atoms with Crippen molar-refractivity contribution in [2.75, 3.05) is 19.8 Å². The van der Waals surface area contributed by atoms with E-state index in [9.17, 15) is 4.79 Å². The zero-order chi connectivity index (χ0) is 12.3. The lowest BCUT2D eigenvalue weighted by atomic mass is 10.1. The standard InChI is InChI=1S/C13H23NO3/c1-3-16-13(15)9-10(2)14-7-8-17-12-6-4-5-11(12)14/h10-12H,3-9H2,1-2H3. The lowest BCUT2D eigenvalue weighted by Gasteiger charge is -2.41. The highest BCUT2D eigenvalue weighted by Gasteiger charge is 2.38. The van der Waals surface area contributed by atoms with E-state index in [1.807, 2.05) is 6.92 Å². The van der Waals surface area contributed by atoms with Gasteiger partial charge in [-0.3, -0.25) is 9.69 Å². The Bertz CT molecular complexity index is 269. The molecule has 1 aliphatic heterocycles. The Morgan fingerprint density at radius 3 is 3.12 bits per heavy atom. The first-order valence-corrected chi connectivity index (χ1v) is 6.75. The first kappa shape index (κ1) is 12.8. The van der Waals surface area contributed by atoms with Gasteiger partial charge in [-0.25, -0.2) is 0 Å². The molecule has 1 aliphatic carbocycles. The van der Waals surface area contributed by atoms with E-state index < -0.39 is 0 Å². The van der Waals surface area contributed by atoms with E-state index in [4.69, 9.17) is 9.47 Å². The normalized spacial score (nSPS) is 30.9. The van der Waals surface area contributed by atoms with Gasteiger partial charge in [-0.1, -0.05) is 0 Å². The summed E-state index contributed by atoms with van der Waals surface area (Å²) in [5, 5.41) is 0. The number of carbonyl (C=O) groups is 1. The molecule has 0 aromatic heterocycles. The molecule has 0 bridgehead atoms. The van der Waals surface area contributed by atoms with Crippen LogP contribution in [0.25, 0.3) is 0 Å². The zero-order valence-electron chi connectivity index (χ0n) is 10.9. The number of morpholine rings is 1. The van der Waals surface area contributed by atoms with Crippen molar-refractivity contribution >= 4 is 5.97 Å². The van der Waals surface area contributed by atoms with Gasteiger partial charge >= 0.3 is 5.97 Å². The van der Waals surface area contributed by atoms with Gasteiger partial charge in [0.1, 0.15) is 0 Å². The molecule has 3 atom stereocenters. The molecule has 0 spiro atoms. The van der Waals surface area contributed by atoms with Crippen LogP contribution in [0.5, 0.6) is 0 Å². The molecular weight excluding hydrogens is 218 g/mol. The summed E-state index contributed by atoms with van der Waals surface area (Å²) in [5.74, 6) is -0.0824. The van der Waals surface area contributed by atoms with Crippen molar-refractivity contribution in [1.29, 1.82) is 0 Å². The van der Waals surface area contributed by atoms with Gasteiger partial charge in [0.2, 0.25) is 0 Å². The number of fused-ring (bicyclic) bond motifs is 1. The van der Waals surface area contributed by atoms with Crippen LogP contribution in [0.2, 0.25) is 0 Å². The summed E-state index contributed by atoms with van der Waals surface area (Å²) in [6.45, 7) is 6.19. The maximum absolute atomic E-state index is 11.5. The molecule has 4 nitrogen and oxygen atoms in total. The Kier molecular flexibility index (Phi) is 4.40. The molecule has 2 rings (SSSR count). The molecule has 1 saturated carbocycles. The molecule has 2 fully saturated rings. The van der Waals surface area contributed by atoms with Crippen LogP contribution in [0.15, 0.2) is 0 Å². The summed E-state index contributed by atoms with van der Waals surface area (Å²) in [6.07, 6.45) is 4.52. The van der Waals surface area contributed by atoms with Crippen molar-refractivity contribution in [2.24, 2.45) is 0 Å². The Morgan fingerprint density at radius 2 is 2.35 bits per heavy atom. The number of hydrogen-bond donors (Lipinski definition) is 0. The zero-order valence-corrected chi connectivity index (χ0v) is 10.9. The molecular formula is C13H23NO3. The summed E-state index contributed by atoms with van der Waals surface area (Å²) in [4.78, 5) is 14.0. The van der Waals surface area contributed by atoms with Gasteiger partial charge in [0.25, 0.3) is 0 Å². The quantitative estimate of drug-likeness (QED) is 0.701. The van der Waals surface area contributed by atoms with Gasteiger partial charge in [0.15, 0.2) is 0 Å².